The van der Waals surface area contributed by atoms with Crippen LogP contribution in [0, 0.1) is 13.8 Å². The van der Waals surface area contributed by atoms with Gasteiger partial charge in [0, 0.05) is 50.0 Å². The van der Waals surface area contributed by atoms with Crippen LogP contribution in [0.5, 0.6) is 0 Å². The van der Waals surface area contributed by atoms with Gasteiger partial charge in [-0.1, -0.05) is 114 Å². The standard InChI is InChI=1S/C50H37N3/c1-34-21-26-38(27-22-34)51(39-28-23-35(2)24-29-39)40-12-9-11-36(31-40)37-25-30-50-46(32-37)45-17-5-8-20-49(45)53(50)42-14-10-13-41(33-42)52-47-18-6-3-15-43(47)44-16-4-7-19-48(44)52/h3-33H,1-2H3. The Kier molecular flexibility index (Phi) is 7.26. The van der Waals surface area contributed by atoms with Crippen molar-refractivity contribution in [2.45, 2.75) is 13.8 Å². The quantitative estimate of drug-likeness (QED) is 0.170. The first-order valence-electron chi connectivity index (χ1n) is 18.3. The van der Waals surface area contributed by atoms with E-state index in [0.717, 1.165) is 28.4 Å². The lowest BCUT2D eigenvalue weighted by Crippen LogP contribution is -2.10. The molecule has 8 aromatic carbocycles. The van der Waals surface area contributed by atoms with Gasteiger partial charge >= 0.3 is 0 Å². The van der Waals surface area contributed by atoms with Gasteiger partial charge in [0.15, 0.2) is 0 Å². The van der Waals surface area contributed by atoms with E-state index in [2.05, 4.69) is 216 Å². The number of aryl methyl sites for hydroxylation is 2. The molecule has 0 saturated carbocycles. The molecule has 252 valence electrons. The lowest BCUT2D eigenvalue weighted by atomic mass is 10.0. The van der Waals surface area contributed by atoms with Crippen LogP contribution in [0.1, 0.15) is 11.1 Å². The first kappa shape index (κ1) is 30.9. The number of aromatic nitrogens is 2. The number of fused-ring (bicyclic) bond motifs is 6. The zero-order valence-electron chi connectivity index (χ0n) is 29.7. The van der Waals surface area contributed by atoms with Crippen molar-refractivity contribution in [1.82, 2.24) is 9.13 Å². The molecule has 0 unspecified atom stereocenters. The molecule has 53 heavy (non-hydrogen) atoms. The van der Waals surface area contributed by atoms with Gasteiger partial charge in [0.1, 0.15) is 0 Å². The van der Waals surface area contributed by atoms with E-state index in [1.54, 1.807) is 0 Å². The Hall–Kier alpha value is -6.84. The van der Waals surface area contributed by atoms with Crippen LogP contribution in [0.25, 0.3) is 66.1 Å². The molecule has 0 aliphatic heterocycles. The van der Waals surface area contributed by atoms with E-state index in [0.29, 0.717) is 0 Å². The second-order valence-corrected chi connectivity index (χ2v) is 14.0. The molecule has 2 aromatic heterocycles. The van der Waals surface area contributed by atoms with Gasteiger partial charge in [-0.25, -0.2) is 0 Å². The van der Waals surface area contributed by atoms with Crippen molar-refractivity contribution in [3.8, 4) is 22.5 Å². The van der Waals surface area contributed by atoms with Crippen LogP contribution in [0.3, 0.4) is 0 Å². The first-order chi connectivity index (χ1) is 26.1. The molecule has 0 N–H and O–H groups in total. The lowest BCUT2D eigenvalue weighted by Gasteiger charge is -2.26. The molecule has 0 spiro atoms. The van der Waals surface area contributed by atoms with Crippen LogP contribution < -0.4 is 4.90 Å². The molecule has 0 atom stereocenters. The fourth-order valence-electron chi connectivity index (χ4n) is 8.06. The summed E-state index contributed by atoms with van der Waals surface area (Å²) in [5, 5.41) is 5.01. The minimum absolute atomic E-state index is 1.12. The molecule has 0 bridgehead atoms. The van der Waals surface area contributed by atoms with Crippen molar-refractivity contribution >= 4 is 60.7 Å². The fourth-order valence-corrected chi connectivity index (χ4v) is 8.06. The minimum Gasteiger partial charge on any atom is -0.310 e. The number of hydrogen-bond acceptors (Lipinski definition) is 1. The maximum Gasteiger partial charge on any atom is 0.0541 e. The third-order valence-electron chi connectivity index (χ3n) is 10.6. The molecular weight excluding hydrogens is 643 g/mol. The molecule has 3 heteroatoms. The largest absolute Gasteiger partial charge is 0.310 e. The van der Waals surface area contributed by atoms with Gasteiger partial charge in [-0.05, 0) is 110 Å². The van der Waals surface area contributed by atoms with E-state index in [-0.39, 0.29) is 0 Å². The van der Waals surface area contributed by atoms with Crippen molar-refractivity contribution in [2.75, 3.05) is 4.90 Å². The monoisotopic (exact) mass is 679 g/mol. The molecule has 2 heterocycles. The maximum atomic E-state index is 2.42. The normalized spacial score (nSPS) is 11.6. The second kappa shape index (κ2) is 12.4. The van der Waals surface area contributed by atoms with Crippen molar-refractivity contribution < 1.29 is 0 Å². The highest BCUT2D eigenvalue weighted by Crippen LogP contribution is 2.40. The SMILES string of the molecule is Cc1ccc(N(c2ccc(C)cc2)c2cccc(-c3ccc4c(c3)c3ccccc3n4-c3cccc(-n4c5ccccc5c5ccccc54)c3)c2)cc1. The smallest absolute Gasteiger partial charge is 0.0541 e. The summed E-state index contributed by atoms with van der Waals surface area (Å²) in [4.78, 5) is 2.34. The molecule has 0 radical (unpaired) electrons. The summed E-state index contributed by atoms with van der Waals surface area (Å²) in [7, 11) is 0. The van der Waals surface area contributed by atoms with Gasteiger partial charge in [0.2, 0.25) is 0 Å². The molecule has 0 aliphatic carbocycles. The number of nitrogens with zero attached hydrogens (tertiary/aromatic N) is 3. The average Bonchev–Trinajstić information content (AvgIpc) is 3.72. The number of anilines is 3. The van der Waals surface area contributed by atoms with Gasteiger partial charge in [0.05, 0.1) is 22.1 Å². The molecular formula is C50H37N3. The van der Waals surface area contributed by atoms with Gasteiger partial charge in [-0.15, -0.1) is 0 Å². The summed E-state index contributed by atoms with van der Waals surface area (Å²) in [6.07, 6.45) is 0. The van der Waals surface area contributed by atoms with Crippen LogP contribution in [0.4, 0.5) is 17.1 Å². The molecule has 3 nitrogen and oxygen atoms in total. The summed E-state index contributed by atoms with van der Waals surface area (Å²) in [6.45, 7) is 4.27. The van der Waals surface area contributed by atoms with Crippen LogP contribution in [0.15, 0.2) is 188 Å². The number of para-hydroxylation sites is 3. The molecule has 10 aromatic rings. The lowest BCUT2D eigenvalue weighted by molar-refractivity contribution is 1.13. The molecule has 0 aliphatic rings. The van der Waals surface area contributed by atoms with Crippen LogP contribution in [0.2, 0.25) is 0 Å². The van der Waals surface area contributed by atoms with Gasteiger partial charge in [0.25, 0.3) is 0 Å². The average molecular weight is 680 g/mol. The Morgan fingerprint density at radius 2 is 0.774 bits per heavy atom. The zero-order chi connectivity index (χ0) is 35.5. The predicted molar refractivity (Wildman–Crippen MR) is 225 cm³/mol. The maximum absolute atomic E-state index is 2.42. The van der Waals surface area contributed by atoms with E-state index < -0.39 is 0 Å². The van der Waals surface area contributed by atoms with Gasteiger partial charge < -0.3 is 14.0 Å². The summed E-state index contributed by atoms with van der Waals surface area (Å²) < 4.78 is 4.81. The van der Waals surface area contributed by atoms with Crippen molar-refractivity contribution in [1.29, 1.82) is 0 Å². The van der Waals surface area contributed by atoms with Gasteiger partial charge in [-0.3, -0.25) is 0 Å². The molecule has 0 saturated heterocycles. The highest BCUT2D eigenvalue weighted by molar-refractivity contribution is 6.11. The van der Waals surface area contributed by atoms with Crippen molar-refractivity contribution in [3.63, 3.8) is 0 Å². The topological polar surface area (TPSA) is 13.1 Å². The second-order valence-electron chi connectivity index (χ2n) is 14.0. The third kappa shape index (κ3) is 5.20. The van der Waals surface area contributed by atoms with E-state index >= 15 is 0 Å². The highest BCUT2D eigenvalue weighted by atomic mass is 15.1. The third-order valence-corrected chi connectivity index (χ3v) is 10.6. The van der Waals surface area contributed by atoms with Crippen LogP contribution >= 0.6 is 0 Å². The van der Waals surface area contributed by atoms with Crippen molar-refractivity contribution in [3.05, 3.63) is 199 Å². The van der Waals surface area contributed by atoms with E-state index in [4.69, 9.17) is 0 Å². The Labute approximate surface area is 309 Å². The van der Waals surface area contributed by atoms with Crippen LogP contribution in [-0.4, -0.2) is 9.13 Å². The Bertz CT molecular complexity index is 2860. The summed E-state index contributed by atoms with van der Waals surface area (Å²) >= 11 is 0. The highest BCUT2D eigenvalue weighted by Gasteiger charge is 2.17. The summed E-state index contributed by atoms with van der Waals surface area (Å²) in [6, 6.07) is 68.6. The van der Waals surface area contributed by atoms with E-state index in [1.165, 1.54) is 65.9 Å². The Balaban J connectivity index is 1.11. The number of hydrogen-bond donors (Lipinski definition) is 0. The molecule has 0 fully saturated rings. The van der Waals surface area contributed by atoms with Gasteiger partial charge in [-0.2, -0.15) is 0 Å². The summed E-state index contributed by atoms with van der Waals surface area (Å²) in [5.41, 5.74) is 15.3. The Morgan fingerprint density at radius 3 is 1.32 bits per heavy atom. The van der Waals surface area contributed by atoms with E-state index in [9.17, 15) is 0 Å². The number of benzene rings is 8. The summed E-state index contributed by atoms with van der Waals surface area (Å²) in [5.74, 6) is 0. The predicted octanol–water partition coefficient (Wildman–Crippen LogP) is 13.6. The molecule has 0 amide bonds. The van der Waals surface area contributed by atoms with E-state index in [1.807, 2.05) is 0 Å². The fraction of sp³-hybridized carbons (Fsp3) is 0.0400. The first-order valence-corrected chi connectivity index (χ1v) is 18.3. The van der Waals surface area contributed by atoms with Crippen molar-refractivity contribution in [2.24, 2.45) is 0 Å². The number of rotatable bonds is 6. The Morgan fingerprint density at radius 1 is 0.321 bits per heavy atom. The zero-order valence-corrected chi connectivity index (χ0v) is 29.7. The molecule has 10 rings (SSSR count). The minimum atomic E-state index is 1.12. The van der Waals surface area contributed by atoms with Crippen LogP contribution in [-0.2, 0) is 0 Å².